The summed E-state index contributed by atoms with van der Waals surface area (Å²) in [5, 5.41) is 3.32. The molecule has 0 radical (unpaired) electrons. The number of piperazine rings is 1. The molecule has 1 N–H and O–H groups in total. The molecule has 25 heavy (non-hydrogen) atoms. The van der Waals surface area contributed by atoms with E-state index in [1.165, 1.54) is 0 Å². The zero-order valence-electron chi connectivity index (χ0n) is 14.8. The Kier molecular flexibility index (Phi) is 7.10. The highest BCUT2D eigenvalue weighted by Crippen LogP contribution is 2.33. The van der Waals surface area contributed by atoms with Gasteiger partial charge >= 0.3 is 0 Å². The van der Waals surface area contributed by atoms with Gasteiger partial charge in [0, 0.05) is 38.3 Å². The maximum Gasteiger partial charge on any atom is 0.282 e. The Morgan fingerprint density at radius 3 is 2.52 bits per heavy atom. The van der Waals surface area contributed by atoms with Crippen LogP contribution in [0.15, 0.2) is 24.3 Å². The van der Waals surface area contributed by atoms with Crippen LogP contribution in [0.3, 0.4) is 0 Å². The van der Waals surface area contributed by atoms with Gasteiger partial charge in [0.2, 0.25) is 0 Å². The Bertz CT molecular complexity index is 663. The van der Waals surface area contributed by atoms with Gasteiger partial charge in [-0.2, -0.15) is 17.0 Å². The van der Waals surface area contributed by atoms with Gasteiger partial charge in [-0.05, 0) is 24.8 Å². The van der Waals surface area contributed by atoms with Crippen molar-refractivity contribution in [3.05, 3.63) is 29.8 Å². The zero-order chi connectivity index (χ0) is 17.2. The Balaban J connectivity index is 0.00000225. The lowest BCUT2D eigenvalue weighted by Gasteiger charge is -2.40. The first-order chi connectivity index (χ1) is 11.5. The van der Waals surface area contributed by atoms with Crippen molar-refractivity contribution in [3.8, 4) is 5.75 Å². The van der Waals surface area contributed by atoms with Gasteiger partial charge in [-0.1, -0.05) is 25.1 Å². The number of para-hydroxylation sites is 1. The molecule has 2 aliphatic heterocycles. The predicted molar refractivity (Wildman–Crippen MR) is 101 cm³/mol. The van der Waals surface area contributed by atoms with Crippen molar-refractivity contribution < 1.29 is 13.2 Å². The monoisotopic (exact) mass is 389 g/mol. The van der Waals surface area contributed by atoms with Crippen LogP contribution in [0.25, 0.3) is 0 Å². The molecule has 1 aromatic carbocycles. The number of hydrogen-bond acceptors (Lipinski definition) is 4. The highest BCUT2D eigenvalue weighted by Gasteiger charge is 2.39. The molecular formula is C17H28ClN3O3S. The molecule has 2 aliphatic rings. The molecule has 0 aromatic heterocycles. The number of rotatable bonds is 4. The third-order valence-corrected chi connectivity index (χ3v) is 7.10. The summed E-state index contributed by atoms with van der Waals surface area (Å²) in [6, 6.07) is 7.44. The van der Waals surface area contributed by atoms with Gasteiger partial charge in [0.1, 0.15) is 5.75 Å². The van der Waals surface area contributed by atoms with Gasteiger partial charge in [0.25, 0.3) is 10.2 Å². The van der Waals surface area contributed by atoms with Gasteiger partial charge in [0.15, 0.2) is 0 Å². The molecule has 2 saturated heterocycles. The molecular weight excluding hydrogens is 362 g/mol. The molecule has 1 unspecified atom stereocenters. The fraction of sp³-hybridized carbons (Fsp3) is 0.647. The van der Waals surface area contributed by atoms with E-state index in [1.54, 1.807) is 15.7 Å². The van der Waals surface area contributed by atoms with Crippen LogP contribution < -0.4 is 10.1 Å². The second kappa shape index (κ2) is 8.68. The fourth-order valence-corrected chi connectivity index (χ4v) is 5.33. The minimum Gasteiger partial charge on any atom is -0.496 e. The van der Waals surface area contributed by atoms with E-state index >= 15 is 0 Å². The first kappa shape index (κ1) is 20.5. The van der Waals surface area contributed by atoms with Crippen molar-refractivity contribution in [2.45, 2.75) is 25.8 Å². The van der Waals surface area contributed by atoms with Crippen molar-refractivity contribution in [1.29, 1.82) is 0 Å². The van der Waals surface area contributed by atoms with E-state index in [-0.39, 0.29) is 18.4 Å². The average Bonchev–Trinajstić information content (AvgIpc) is 2.62. The Morgan fingerprint density at radius 2 is 1.84 bits per heavy atom. The first-order valence-electron chi connectivity index (χ1n) is 8.64. The van der Waals surface area contributed by atoms with E-state index in [2.05, 4.69) is 12.2 Å². The van der Waals surface area contributed by atoms with Crippen LogP contribution in [0.2, 0.25) is 0 Å². The molecule has 6 nitrogen and oxygen atoms in total. The number of benzene rings is 1. The van der Waals surface area contributed by atoms with Crippen molar-refractivity contribution in [3.63, 3.8) is 0 Å². The van der Waals surface area contributed by atoms with E-state index in [1.807, 2.05) is 24.3 Å². The molecule has 0 bridgehead atoms. The van der Waals surface area contributed by atoms with E-state index < -0.39 is 10.2 Å². The Morgan fingerprint density at radius 1 is 1.16 bits per heavy atom. The number of halogens is 1. The zero-order valence-corrected chi connectivity index (χ0v) is 16.5. The third-order valence-electron chi connectivity index (χ3n) is 5.06. The lowest BCUT2D eigenvalue weighted by atomic mass is 10.0. The molecule has 142 valence electrons. The fourth-order valence-electron chi connectivity index (χ4n) is 3.53. The highest BCUT2D eigenvalue weighted by molar-refractivity contribution is 7.86. The summed E-state index contributed by atoms with van der Waals surface area (Å²) in [4.78, 5) is 0. The lowest BCUT2D eigenvalue weighted by molar-refractivity contribution is 0.221. The Hall–Kier alpha value is -0.860. The molecule has 2 heterocycles. The normalized spacial score (nSPS) is 23.8. The van der Waals surface area contributed by atoms with E-state index in [0.717, 1.165) is 24.2 Å². The molecule has 8 heteroatoms. The summed E-state index contributed by atoms with van der Waals surface area (Å²) in [5.74, 6) is 1.34. The van der Waals surface area contributed by atoms with Crippen LogP contribution in [0.4, 0.5) is 0 Å². The predicted octanol–water partition coefficient (Wildman–Crippen LogP) is 2.04. The topological polar surface area (TPSA) is 61.9 Å². The molecule has 2 fully saturated rings. The minimum absolute atomic E-state index is 0. The minimum atomic E-state index is -3.46. The molecule has 1 aromatic rings. The summed E-state index contributed by atoms with van der Waals surface area (Å²) in [6.45, 7) is 5.18. The van der Waals surface area contributed by atoms with Crippen molar-refractivity contribution in [1.82, 2.24) is 13.9 Å². The van der Waals surface area contributed by atoms with E-state index in [4.69, 9.17) is 4.74 Å². The highest BCUT2D eigenvalue weighted by atomic mass is 35.5. The molecule has 1 atom stereocenters. The van der Waals surface area contributed by atoms with Crippen LogP contribution in [-0.2, 0) is 10.2 Å². The lowest BCUT2D eigenvalue weighted by Crippen LogP contribution is -2.54. The van der Waals surface area contributed by atoms with E-state index in [9.17, 15) is 8.42 Å². The van der Waals surface area contributed by atoms with Gasteiger partial charge in [-0.15, -0.1) is 12.4 Å². The van der Waals surface area contributed by atoms with Gasteiger partial charge in [0.05, 0.1) is 13.2 Å². The summed E-state index contributed by atoms with van der Waals surface area (Å²) < 4.78 is 35.2. The number of hydrogen-bond donors (Lipinski definition) is 1. The quantitative estimate of drug-likeness (QED) is 0.856. The van der Waals surface area contributed by atoms with Crippen LogP contribution >= 0.6 is 12.4 Å². The molecule has 0 amide bonds. The van der Waals surface area contributed by atoms with Crippen LogP contribution in [0.1, 0.15) is 31.4 Å². The number of ether oxygens (including phenoxy) is 1. The summed E-state index contributed by atoms with van der Waals surface area (Å²) in [7, 11) is -1.83. The third kappa shape index (κ3) is 4.28. The molecule has 0 saturated carbocycles. The van der Waals surface area contributed by atoms with Crippen LogP contribution in [0.5, 0.6) is 5.75 Å². The van der Waals surface area contributed by atoms with Crippen molar-refractivity contribution >= 4 is 22.6 Å². The second-order valence-electron chi connectivity index (χ2n) is 6.66. The van der Waals surface area contributed by atoms with Crippen LogP contribution in [-0.4, -0.2) is 56.9 Å². The molecule has 3 rings (SSSR count). The Labute approximate surface area is 157 Å². The SMILES string of the molecule is COc1ccccc1C1CNCCN1S(=O)(=O)N1CCC(C)CC1.Cl. The smallest absolute Gasteiger partial charge is 0.282 e. The first-order valence-corrected chi connectivity index (χ1v) is 10.0. The average molecular weight is 390 g/mol. The standard InChI is InChI=1S/C17H27N3O3S.ClH/c1-14-7-10-19(11-8-14)24(21,22)20-12-9-18-13-16(20)15-5-3-4-6-17(15)23-2;/h3-6,14,16,18H,7-13H2,1-2H3;1H. The summed E-state index contributed by atoms with van der Waals surface area (Å²) >= 11 is 0. The number of nitrogens with one attached hydrogen (secondary N) is 1. The largest absolute Gasteiger partial charge is 0.496 e. The molecule has 0 spiro atoms. The van der Waals surface area contributed by atoms with Gasteiger partial charge < -0.3 is 10.1 Å². The maximum atomic E-state index is 13.2. The van der Waals surface area contributed by atoms with Gasteiger partial charge in [-0.3, -0.25) is 0 Å². The summed E-state index contributed by atoms with van der Waals surface area (Å²) in [5.41, 5.74) is 0.918. The number of nitrogens with zero attached hydrogens (tertiary/aromatic N) is 2. The number of methoxy groups -OCH3 is 1. The van der Waals surface area contributed by atoms with E-state index in [0.29, 0.717) is 38.6 Å². The van der Waals surface area contributed by atoms with Crippen LogP contribution in [0, 0.1) is 5.92 Å². The van der Waals surface area contributed by atoms with Gasteiger partial charge in [-0.25, -0.2) is 0 Å². The van der Waals surface area contributed by atoms with Crippen molar-refractivity contribution in [2.75, 3.05) is 39.8 Å². The second-order valence-corrected chi connectivity index (χ2v) is 8.54. The number of piperidine rings is 1. The molecule has 0 aliphatic carbocycles. The van der Waals surface area contributed by atoms with Crippen molar-refractivity contribution in [2.24, 2.45) is 5.92 Å². The summed E-state index contributed by atoms with van der Waals surface area (Å²) in [6.07, 6.45) is 1.87. The maximum absolute atomic E-state index is 13.2.